The molecule has 0 aromatic heterocycles. The first-order valence-electron chi connectivity index (χ1n) is 6.08. The highest BCUT2D eigenvalue weighted by Gasteiger charge is 2.23. The lowest BCUT2D eigenvalue weighted by Crippen LogP contribution is -2.25. The zero-order valence-corrected chi connectivity index (χ0v) is 9.58. The van der Waals surface area contributed by atoms with Gasteiger partial charge in [-0.25, -0.2) is 0 Å². The Balaban J connectivity index is 1.64. The summed E-state index contributed by atoms with van der Waals surface area (Å²) >= 11 is 0. The Hall–Kier alpha value is -1.12. The Morgan fingerprint density at radius 3 is 2.69 bits per heavy atom. The fourth-order valence-corrected chi connectivity index (χ4v) is 2.69. The summed E-state index contributed by atoms with van der Waals surface area (Å²) in [5.41, 5.74) is 4.76. The van der Waals surface area contributed by atoms with Crippen LogP contribution in [-0.2, 0) is 6.54 Å². The Bertz CT molecular complexity index is 376. The summed E-state index contributed by atoms with van der Waals surface area (Å²) < 4.78 is 0. The third-order valence-electron chi connectivity index (χ3n) is 3.52. The molecule has 1 aromatic rings. The van der Waals surface area contributed by atoms with E-state index < -0.39 is 0 Å². The maximum atomic E-state index is 3.46. The molecule has 1 aromatic carbocycles. The van der Waals surface area contributed by atoms with E-state index in [4.69, 9.17) is 0 Å². The molecule has 0 unspecified atom stereocenters. The Morgan fingerprint density at radius 1 is 1.06 bits per heavy atom. The van der Waals surface area contributed by atoms with Crippen LogP contribution in [0.4, 0.5) is 0 Å². The molecular weight excluding hydrogens is 196 g/mol. The van der Waals surface area contributed by atoms with Crippen molar-refractivity contribution in [3.63, 3.8) is 0 Å². The minimum atomic E-state index is 1.09. The second kappa shape index (κ2) is 4.40. The molecule has 2 aliphatic rings. The van der Waals surface area contributed by atoms with Crippen LogP contribution < -0.4 is 5.32 Å². The van der Waals surface area contributed by atoms with Gasteiger partial charge in [-0.15, -0.1) is 0 Å². The predicted octanol–water partition coefficient (Wildman–Crippen LogP) is 1.79. The standard InChI is InChI=1S/C14H18N2/c1-2-4-12(5-3-1)9-16-10-13-6-7-15-8-14(13)11-16/h1-5,15H,6-11H2. The van der Waals surface area contributed by atoms with Crippen molar-refractivity contribution in [3.05, 3.63) is 47.0 Å². The van der Waals surface area contributed by atoms with Crippen LogP contribution >= 0.6 is 0 Å². The van der Waals surface area contributed by atoms with Crippen molar-refractivity contribution >= 4 is 0 Å². The van der Waals surface area contributed by atoms with Gasteiger partial charge in [-0.05, 0) is 24.1 Å². The molecule has 16 heavy (non-hydrogen) atoms. The van der Waals surface area contributed by atoms with Gasteiger partial charge in [0.2, 0.25) is 0 Å². The van der Waals surface area contributed by atoms with Crippen molar-refractivity contribution in [1.29, 1.82) is 0 Å². The summed E-state index contributed by atoms with van der Waals surface area (Å²) in [6.45, 7) is 5.72. The van der Waals surface area contributed by atoms with Crippen LogP contribution in [0.1, 0.15) is 12.0 Å². The van der Waals surface area contributed by atoms with Crippen LogP contribution in [0, 0.1) is 0 Å². The fraction of sp³-hybridized carbons (Fsp3) is 0.429. The van der Waals surface area contributed by atoms with Crippen LogP contribution in [0.3, 0.4) is 0 Å². The van der Waals surface area contributed by atoms with Crippen molar-refractivity contribution in [2.24, 2.45) is 0 Å². The molecule has 1 N–H and O–H groups in total. The Morgan fingerprint density at radius 2 is 1.88 bits per heavy atom. The molecule has 2 aliphatic heterocycles. The van der Waals surface area contributed by atoms with Crippen molar-refractivity contribution in [2.75, 3.05) is 26.2 Å². The minimum Gasteiger partial charge on any atom is -0.313 e. The first kappa shape index (κ1) is 10.1. The summed E-state index contributed by atoms with van der Waals surface area (Å²) in [7, 11) is 0. The van der Waals surface area contributed by atoms with E-state index in [1.54, 1.807) is 11.1 Å². The van der Waals surface area contributed by atoms with E-state index in [-0.39, 0.29) is 0 Å². The zero-order chi connectivity index (χ0) is 10.8. The molecule has 3 rings (SSSR count). The number of rotatable bonds is 2. The number of hydrogen-bond donors (Lipinski definition) is 1. The summed E-state index contributed by atoms with van der Waals surface area (Å²) in [4.78, 5) is 2.55. The van der Waals surface area contributed by atoms with Gasteiger partial charge in [-0.3, -0.25) is 4.90 Å². The van der Waals surface area contributed by atoms with E-state index in [1.807, 2.05) is 0 Å². The summed E-state index contributed by atoms with van der Waals surface area (Å²) in [6, 6.07) is 10.8. The minimum absolute atomic E-state index is 1.09. The lowest BCUT2D eigenvalue weighted by atomic mass is 10.1. The summed E-state index contributed by atoms with van der Waals surface area (Å²) in [6.07, 6.45) is 1.25. The van der Waals surface area contributed by atoms with Crippen molar-refractivity contribution < 1.29 is 0 Å². The van der Waals surface area contributed by atoms with Gasteiger partial charge in [0.25, 0.3) is 0 Å². The summed E-state index contributed by atoms with van der Waals surface area (Å²) in [5.74, 6) is 0. The Kier molecular flexibility index (Phi) is 2.77. The molecule has 0 atom stereocenters. The topological polar surface area (TPSA) is 15.3 Å². The van der Waals surface area contributed by atoms with Gasteiger partial charge in [0.1, 0.15) is 0 Å². The molecule has 0 spiro atoms. The number of hydrogen-bond acceptors (Lipinski definition) is 2. The first-order chi connectivity index (χ1) is 7.92. The third kappa shape index (κ3) is 2.04. The molecule has 2 nitrogen and oxygen atoms in total. The smallest absolute Gasteiger partial charge is 0.0240 e. The molecular formula is C14H18N2. The molecule has 2 heterocycles. The lowest BCUT2D eigenvalue weighted by Gasteiger charge is -2.15. The highest BCUT2D eigenvalue weighted by atomic mass is 15.1. The van der Waals surface area contributed by atoms with Gasteiger partial charge in [-0.1, -0.05) is 35.9 Å². The predicted molar refractivity (Wildman–Crippen MR) is 66.2 cm³/mol. The largest absolute Gasteiger partial charge is 0.313 e. The summed E-state index contributed by atoms with van der Waals surface area (Å²) in [5, 5.41) is 3.46. The monoisotopic (exact) mass is 214 g/mol. The van der Waals surface area contributed by atoms with Gasteiger partial charge in [0.15, 0.2) is 0 Å². The van der Waals surface area contributed by atoms with E-state index in [2.05, 4.69) is 40.5 Å². The van der Waals surface area contributed by atoms with Gasteiger partial charge in [0, 0.05) is 26.2 Å². The third-order valence-corrected chi connectivity index (χ3v) is 3.52. The molecule has 0 aliphatic carbocycles. The maximum absolute atomic E-state index is 3.46. The van der Waals surface area contributed by atoms with Crippen LogP contribution in [0.2, 0.25) is 0 Å². The van der Waals surface area contributed by atoms with Crippen LogP contribution in [0.15, 0.2) is 41.5 Å². The van der Waals surface area contributed by atoms with Crippen molar-refractivity contribution in [2.45, 2.75) is 13.0 Å². The number of nitrogens with one attached hydrogen (secondary N) is 1. The van der Waals surface area contributed by atoms with Crippen LogP contribution in [0.25, 0.3) is 0 Å². The second-order valence-electron chi connectivity index (χ2n) is 4.76. The normalized spacial score (nSPS) is 21.2. The van der Waals surface area contributed by atoms with E-state index in [9.17, 15) is 0 Å². The van der Waals surface area contributed by atoms with Crippen molar-refractivity contribution in [1.82, 2.24) is 10.2 Å². The molecule has 2 heteroatoms. The fourth-order valence-electron chi connectivity index (χ4n) is 2.69. The number of benzene rings is 1. The quantitative estimate of drug-likeness (QED) is 0.755. The molecule has 0 fully saturated rings. The van der Waals surface area contributed by atoms with E-state index in [1.165, 1.54) is 18.5 Å². The first-order valence-corrected chi connectivity index (χ1v) is 6.08. The van der Waals surface area contributed by atoms with Gasteiger partial charge in [-0.2, -0.15) is 0 Å². The van der Waals surface area contributed by atoms with E-state index in [0.717, 1.165) is 26.2 Å². The highest BCUT2D eigenvalue weighted by molar-refractivity contribution is 5.27. The SMILES string of the molecule is c1ccc(CN2CC3=C(CNCC3)C2)cc1. The van der Waals surface area contributed by atoms with Gasteiger partial charge >= 0.3 is 0 Å². The van der Waals surface area contributed by atoms with Crippen LogP contribution in [-0.4, -0.2) is 31.1 Å². The molecule has 0 amide bonds. The molecule has 0 bridgehead atoms. The van der Waals surface area contributed by atoms with E-state index in [0.29, 0.717) is 0 Å². The van der Waals surface area contributed by atoms with Crippen molar-refractivity contribution in [3.8, 4) is 0 Å². The van der Waals surface area contributed by atoms with Gasteiger partial charge in [0.05, 0.1) is 0 Å². The van der Waals surface area contributed by atoms with Gasteiger partial charge < -0.3 is 5.32 Å². The molecule has 0 saturated heterocycles. The second-order valence-corrected chi connectivity index (χ2v) is 4.76. The Labute approximate surface area is 97.0 Å². The zero-order valence-electron chi connectivity index (χ0n) is 9.58. The molecule has 84 valence electrons. The molecule has 0 saturated carbocycles. The number of nitrogens with zero attached hydrogens (tertiary/aromatic N) is 1. The average molecular weight is 214 g/mol. The van der Waals surface area contributed by atoms with E-state index >= 15 is 0 Å². The highest BCUT2D eigenvalue weighted by Crippen LogP contribution is 2.23. The lowest BCUT2D eigenvalue weighted by molar-refractivity contribution is 0.336. The average Bonchev–Trinajstić information content (AvgIpc) is 2.72. The maximum Gasteiger partial charge on any atom is 0.0240 e. The van der Waals surface area contributed by atoms with Crippen LogP contribution in [0.5, 0.6) is 0 Å². The molecule has 0 radical (unpaired) electrons.